The third-order valence-electron chi connectivity index (χ3n) is 3.66. The normalized spacial score (nSPS) is 11.6. The summed E-state index contributed by atoms with van der Waals surface area (Å²) in [5.41, 5.74) is 0.482. The average molecular weight is 341 g/mol. The maximum atomic E-state index is 12.4. The van der Waals surface area contributed by atoms with Gasteiger partial charge in [0.1, 0.15) is 12.4 Å². The number of esters is 1. The molecule has 25 heavy (non-hydrogen) atoms. The summed E-state index contributed by atoms with van der Waals surface area (Å²) in [5.74, 6) is -0.509. The van der Waals surface area contributed by atoms with Crippen molar-refractivity contribution in [3.63, 3.8) is 0 Å². The fourth-order valence-electron chi connectivity index (χ4n) is 2.56. The highest BCUT2D eigenvalue weighted by atomic mass is 16.6. The van der Waals surface area contributed by atoms with E-state index in [1.165, 1.54) is 10.9 Å². The summed E-state index contributed by atoms with van der Waals surface area (Å²) in [4.78, 5) is 22.7. The molecule has 1 heterocycles. The summed E-state index contributed by atoms with van der Waals surface area (Å²) in [7, 11) is 0. The van der Waals surface area contributed by atoms with Crippen molar-refractivity contribution >= 4 is 22.4 Å². The second kappa shape index (κ2) is 7.57. The number of hydrogen-bond acceptors (Lipinski definition) is 5. The molecule has 7 nitrogen and oxygen atoms in total. The van der Waals surface area contributed by atoms with Gasteiger partial charge in [-0.3, -0.25) is 10.1 Å². The quantitative estimate of drug-likeness (QED) is 0.401. The molecule has 2 aromatic carbocycles. The summed E-state index contributed by atoms with van der Waals surface area (Å²) in [6.45, 7) is 1.92. The highest BCUT2D eigenvalue weighted by molar-refractivity contribution is 5.85. The van der Waals surface area contributed by atoms with Crippen molar-refractivity contribution in [2.45, 2.75) is 20.4 Å². The second-order valence-corrected chi connectivity index (χ2v) is 5.20. The van der Waals surface area contributed by atoms with Gasteiger partial charge in [0.05, 0.1) is 11.5 Å². The highest BCUT2D eigenvalue weighted by Crippen LogP contribution is 2.25. The van der Waals surface area contributed by atoms with Gasteiger partial charge in [-0.1, -0.05) is 43.8 Å². The van der Waals surface area contributed by atoms with E-state index in [2.05, 4.69) is 5.10 Å². The second-order valence-electron chi connectivity index (χ2n) is 5.20. The Bertz CT molecular complexity index is 904. The molecule has 0 fully saturated rings. The number of ether oxygens (including phenoxy) is 1. The fourth-order valence-corrected chi connectivity index (χ4v) is 2.56. The zero-order valence-electron chi connectivity index (χ0n) is 13.0. The molecule has 0 radical (unpaired) electrons. The third kappa shape index (κ3) is 3.65. The lowest BCUT2D eigenvalue weighted by Gasteiger charge is -2.16. The molecule has 0 saturated carbocycles. The molecular formula is C18H19N3O4. The van der Waals surface area contributed by atoms with E-state index in [0.717, 1.165) is 17.0 Å². The van der Waals surface area contributed by atoms with Crippen LogP contribution in [0.15, 0.2) is 54.9 Å². The van der Waals surface area contributed by atoms with E-state index >= 15 is 0 Å². The Morgan fingerprint density at radius 1 is 1.28 bits per heavy atom. The number of carbonyl (C=O) groups excluding carboxylic acids is 1. The van der Waals surface area contributed by atoms with Crippen LogP contribution in [-0.2, 0) is 9.53 Å². The largest absolute Gasteiger partial charge is 0.464 e. The molecule has 0 amide bonds. The molecule has 130 valence electrons. The van der Waals surface area contributed by atoms with Crippen LogP contribution in [0.3, 0.4) is 0 Å². The Labute approximate surface area is 145 Å². The molecule has 0 aliphatic heterocycles. The molecule has 1 atom stereocenters. The van der Waals surface area contributed by atoms with Crippen LogP contribution in [0.1, 0.15) is 26.0 Å². The van der Waals surface area contributed by atoms with Gasteiger partial charge in [-0.15, -0.1) is 0 Å². The molecule has 1 unspecified atom stereocenters. The van der Waals surface area contributed by atoms with E-state index in [4.69, 9.17) is 4.74 Å². The van der Waals surface area contributed by atoms with Gasteiger partial charge >= 0.3 is 11.7 Å². The summed E-state index contributed by atoms with van der Waals surface area (Å²) >= 11 is 0. The SMILES string of the molecule is C.CCOC(=O)C(c1ccc2ccccc2c1)n1cc([N+](=O)[O-])cn1. The van der Waals surface area contributed by atoms with Gasteiger partial charge in [0.15, 0.2) is 6.04 Å². The number of benzene rings is 2. The first kappa shape index (κ1) is 18.1. The lowest BCUT2D eigenvalue weighted by Crippen LogP contribution is -2.23. The van der Waals surface area contributed by atoms with Crippen molar-refractivity contribution in [2.75, 3.05) is 6.61 Å². The first-order chi connectivity index (χ1) is 11.6. The van der Waals surface area contributed by atoms with Crippen molar-refractivity contribution in [1.29, 1.82) is 0 Å². The van der Waals surface area contributed by atoms with Crippen LogP contribution in [0.25, 0.3) is 10.8 Å². The van der Waals surface area contributed by atoms with Crippen LogP contribution in [0.4, 0.5) is 5.69 Å². The molecule has 0 aliphatic carbocycles. The molecule has 3 aromatic rings. The number of aromatic nitrogens is 2. The lowest BCUT2D eigenvalue weighted by atomic mass is 10.0. The van der Waals surface area contributed by atoms with Crippen LogP contribution in [-0.4, -0.2) is 27.3 Å². The van der Waals surface area contributed by atoms with Gasteiger partial charge < -0.3 is 4.74 Å². The summed E-state index contributed by atoms with van der Waals surface area (Å²) in [5, 5.41) is 16.9. The van der Waals surface area contributed by atoms with E-state index in [0.29, 0.717) is 5.56 Å². The molecular weight excluding hydrogens is 322 g/mol. The zero-order valence-corrected chi connectivity index (χ0v) is 13.0. The number of fused-ring (bicyclic) bond motifs is 1. The first-order valence-corrected chi connectivity index (χ1v) is 7.44. The topological polar surface area (TPSA) is 87.3 Å². The standard InChI is InChI=1S/C17H15N3O4.CH4/c1-2-24-17(21)16(19-11-15(10-18-19)20(22)23)14-8-7-12-5-3-4-6-13(12)9-14;/h3-11,16H,2H2,1H3;1H4. The first-order valence-electron chi connectivity index (χ1n) is 7.44. The number of nitrogens with zero attached hydrogens (tertiary/aromatic N) is 3. The Balaban J connectivity index is 0.00000225. The van der Waals surface area contributed by atoms with E-state index in [1.54, 1.807) is 13.0 Å². The van der Waals surface area contributed by atoms with E-state index < -0.39 is 16.9 Å². The molecule has 0 aliphatic rings. The Morgan fingerprint density at radius 3 is 2.64 bits per heavy atom. The predicted octanol–water partition coefficient (Wildman–Crippen LogP) is 3.73. The van der Waals surface area contributed by atoms with Crippen molar-refractivity contribution < 1.29 is 14.5 Å². The molecule has 7 heteroatoms. The average Bonchev–Trinajstić information content (AvgIpc) is 3.05. The Hall–Kier alpha value is -3.22. The van der Waals surface area contributed by atoms with Crippen molar-refractivity contribution in [3.05, 3.63) is 70.5 Å². The molecule has 0 N–H and O–H groups in total. The maximum absolute atomic E-state index is 12.4. The number of rotatable bonds is 5. The van der Waals surface area contributed by atoms with Gasteiger partial charge in [-0.05, 0) is 29.3 Å². The summed E-state index contributed by atoms with van der Waals surface area (Å²) in [6, 6.07) is 12.4. The number of carbonyl (C=O) groups is 1. The predicted molar refractivity (Wildman–Crippen MR) is 94.3 cm³/mol. The minimum Gasteiger partial charge on any atom is -0.464 e. The van der Waals surface area contributed by atoms with Crippen molar-refractivity contribution in [2.24, 2.45) is 0 Å². The van der Waals surface area contributed by atoms with Crippen LogP contribution in [0.2, 0.25) is 0 Å². The molecule has 0 spiro atoms. The maximum Gasteiger partial charge on any atom is 0.335 e. The van der Waals surface area contributed by atoms with Gasteiger partial charge in [0, 0.05) is 0 Å². The molecule has 3 rings (SSSR count). The Kier molecular flexibility index (Phi) is 5.49. The summed E-state index contributed by atoms with van der Waals surface area (Å²) in [6.07, 6.45) is 2.35. The van der Waals surface area contributed by atoms with Gasteiger partial charge in [0.2, 0.25) is 0 Å². The monoisotopic (exact) mass is 341 g/mol. The van der Waals surface area contributed by atoms with Crippen LogP contribution >= 0.6 is 0 Å². The number of nitro groups is 1. The van der Waals surface area contributed by atoms with Crippen LogP contribution < -0.4 is 0 Å². The summed E-state index contributed by atoms with van der Waals surface area (Å²) < 4.78 is 6.39. The molecule has 1 aromatic heterocycles. The minimum absolute atomic E-state index is 0. The number of hydrogen-bond donors (Lipinski definition) is 0. The fraction of sp³-hybridized carbons (Fsp3) is 0.222. The molecule has 0 bridgehead atoms. The lowest BCUT2D eigenvalue weighted by molar-refractivity contribution is -0.385. The van der Waals surface area contributed by atoms with E-state index in [9.17, 15) is 14.9 Å². The van der Waals surface area contributed by atoms with Gasteiger partial charge in [-0.25, -0.2) is 9.48 Å². The zero-order chi connectivity index (χ0) is 17.1. The van der Waals surface area contributed by atoms with Gasteiger partial charge in [0.25, 0.3) is 0 Å². The smallest absolute Gasteiger partial charge is 0.335 e. The molecule has 0 saturated heterocycles. The Morgan fingerprint density at radius 2 is 2.00 bits per heavy atom. The van der Waals surface area contributed by atoms with E-state index in [-0.39, 0.29) is 19.7 Å². The van der Waals surface area contributed by atoms with Gasteiger partial charge in [-0.2, -0.15) is 5.10 Å². The van der Waals surface area contributed by atoms with E-state index in [1.807, 2.05) is 36.4 Å². The van der Waals surface area contributed by atoms with Crippen LogP contribution in [0, 0.1) is 10.1 Å². The third-order valence-corrected chi connectivity index (χ3v) is 3.66. The minimum atomic E-state index is -0.872. The van der Waals surface area contributed by atoms with Crippen molar-refractivity contribution in [3.8, 4) is 0 Å². The van der Waals surface area contributed by atoms with Crippen LogP contribution in [0.5, 0.6) is 0 Å². The highest BCUT2D eigenvalue weighted by Gasteiger charge is 2.27. The van der Waals surface area contributed by atoms with Crippen molar-refractivity contribution in [1.82, 2.24) is 9.78 Å².